The summed E-state index contributed by atoms with van der Waals surface area (Å²) in [5.41, 5.74) is 5.47. The predicted octanol–water partition coefficient (Wildman–Crippen LogP) is 4.60. The SMILES string of the molecule is Cc1ccccc1C.Cc1ccccc1C.[W]. The van der Waals surface area contributed by atoms with Crippen LogP contribution in [-0.2, 0) is 21.1 Å². The first kappa shape index (κ1) is 16.1. The summed E-state index contributed by atoms with van der Waals surface area (Å²) in [6.07, 6.45) is 0. The Balaban J connectivity index is 0.000000284. The first-order valence-corrected chi connectivity index (χ1v) is 5.65. The van der Waals surface area contributed by atoms with Crippen molar-refractivity contribution >= 4 is 0 Å². The third-order valence-corrected chi connectivity index (χ3v) is 2.85. The van der Waals surface area contributed by atoms with Gasteiger partial charge in [-0.05, 0) is 49.9 Å². The van der Waals surface area contributed by atoms with Crippen LogP contribution in [0.2, 0.25) is 0 Å². The molecule has 0 saturated carbocycles. The van der Waals surface area contributed by atoms with Crippen molar-refractivity contribution in [1.29, 1.82) is 0 Å². The molecular formula is C16H20W. The van der Waals surface area contributed by atoms with E-state index in [0.717, 1.165) is 0 Å². The van der Waals surface area contributed by atoms with E-state index in [0.29, 0.717) is 0 Å². The molecule has 2 aromatic carbocycles. The summed E-state index contributed by atoms with van der Waals surface area (Å²) in [5.74, 6) is 0. The van der Waals surface area contributed by atoms with E-state index in [1.807, 2.05) is 0 Å². The summed E-state index contributed by atoms with van der Waals surface area (Å²) in [5, 5.41) is 0. The van der Waals surface area contributed by atoms with Crippen molar-refractivity contribution in [3.8, 4) is 0 Å². The molecule has 0 nitrogen and oxygen atoms in total. The van der Waals surface area contributed by atoms with Gasteiger partial charge in [0.2, 0.25) is 0 Å². The topological polar surface area (TPSA) is 0 Å². The van der Waals surface area contributed by atoms with E-state index in [1.165, 1.54) is 22.3 Å². The molecule has 2 rings (SSSR count). The molecule has 0 fully saturated rings. The Hall–Kier alpha value is -0.872. The summed E-state index contributed by atoms with van der Waals surface area (Å²) in [6, 6.07) is 16.7. The van der Waals surface area contributed by atoms with Crippen LogP contribution < -0.4 is 0 Å². The molecule has 0 saturated heterocycles. The fourth-order valence-electron chi connectivity index (χ4n) is 1.33. The van der Waals surface area contributed by atoms with E-state index in [9.17, 15) is 0 Å². The summed E-state index contributed by atoms with van der Waals surface area (Å²) < 4.78 is 0. The minimum Gasteiger partial charge on any atom is -0.0620 e. The second-order valence-corrected chi connectivity index (χ2v) is 4.17. The van der Waals surface area contributed by atoms with Crippen molar-refractivity contribution in [3.63, 3.8) is 0 Å². The van der Waals surface area contributed by atoms with Gasteiger partial charge in [0.05, 0.1) is 0 Å². The molecule has 0 N–H and O–H groups in total. The number of rotatable bonds is 0. The van der Waals surface area contributed by atoms with E-state index >= 15 is 0 Å². The third-order valence-electron chi connectivity index (χ3n) is 2.85. The zero-order valence-corrected chi connectivity index (χ0v) is 14.0. The van der Waals surface area contributed by atoms with Gasteiger partial charge >= 0.3 is 0 Å². The summed E-state index contributed by atoms with van der Waals surface area (Å²) >= 11 is 0. The molecule has 0 atom stereocenters. The van der Waals surface area contributed by atoms with E-state index in [1.54, 1.807) is 0 Å². The first-order chi connectivity index (χ1) is 7.61. The molecule has 17 heavy (non-hydrogen) atoms. The fourth-order valence-corrected chi connectivity index (χ4v) is 1.33. The van der Waals surface area contributed by atoms with Crippen LogP contribution in [0.25, 0.3) is 0 Å². The van der Waals surface area contributed by atoms with Gasteiger partial charge in [0.1, 0.15) is 0 Å². The minimum absolute atomic E-state index is 0. The summed E-state index contributed by atoms with van der Waals surface area (Å²) in [6.45, 7) is 8.48. The maximum Gasteiger partial charge on any atom is 0 e. The molecule has 1 heteroatoms. The van der Waals surface area contributed by atoms with Gasteiger partial charge in [-0.25, -0.2) is 0 Å². The second-order valence-electron chi connectivity index (χ2n) is 4.17. The Kier molecular flexibility index (Phi) is 7.83. The Bertz CT molecular complexity index is 361. The average Bonchev–Trinajstić information content (AvgIpc) is 2.28. The molecule has 0 aromatic heterocycles. The first-order valence-electron chi connectivity index (χ1n) is 5.65. The van der Waals surface area contributed by atoms with Crippen molar-refractivity contribution in [2.24, 2.45) is 0 Å². The molecule has 90 valence electrons. The quantitative estimate of drug-likeness (QED) is 0.611. The Morgan fingerprint density at radius 1 is 0.471 bits per heavy atom. The summed E-state index contributed by atoms with van der Waals surface area (Å²) in [4.78, 5) is 0. The maximum atomic E-state index is 2.12. The van der Waals surface area contributed by atoms with Gasteiger partial charge in [0.15, 0.2) is 0 Å². The molecule has 0 unspecified atom stereocenters. The van der Waals surface area contributed by atoms with Gasteiger partial charge in [-0.3, -0.25) is 0 Å². The molecule has 0 amide bonds. The number of hydrogen-bond donors (Lipinski definition) is 0. The zero-order chi connectivity index (χ0) is 12.0. The minimum atomic E-state index is 0. The molecule has 0 bridgehead atoms. The molecule has 0 radical (unpaired) electrons. The van der Waals surface area contributed by atoms with Crippen LogP contribution >= 0.6 is 0 Å². The predicted molar refractivity (Wildman–Crippen MR) is 71.8 cm³/mol. The van der Waals surface area contributed by atoms with Crippen molar-refractivity contribution in [2.75, 3.05) is 0 Å². The van der Waals surface area contributed by atoms with Gasteiger partial charge in [0, 0.05) is 21.1 Å². The van der Waals surface area contributed by atoms with Crippen LogP contribution in [0.3, 0.4) is 0 Å². The van der Waals surface area contributed by atoms with E-state index in [2.05, 4.69) is 76.2 Å². The Morgan fingerprint density at radius 3 is 0.765 bits per heavy atom. The monoisotopic (exact) mass is 396 g/mol. The molecule has 0 heterocycles. The van der Waals surface area contributed by atoms with E-state index < -0.39 is 0 Å². The van der Waals surface area contributed by atoms with Gasteiger partial charge in [-0.15, -0.1) is 0 Å². The van der Waals surface area contributed by atoms with Crippen molar-refractivity contribution in [1.82, 2.24) is 0 Å². The van der Waals surface area contributed by atoms with Crippen LogP contribution in [0.4, 0.5) is 0 Å². The molecule has 2 aromatic rings. The van der Waals surface area contributed by atoms with Gasteiger partial charge in [-0.2, -0.15) is 0 Å². The number of hydrogen-bond acceptors (Lipinski definition) is 0. The van der Waals surface area contributed by atoms with Crippen LogP contribution in [0.15, 0.2) is 48.5 Å². The van der Waals surface area contributed by atoms with Crippen molar-refractivity contribution in [2.45, 2.75) is 27.7 Å². The van der Waals surface area contributed by atoms with Crippen LogP contribution in [-0.4, -0.2) is 0 Å². The standard InChI is InChI=1S/2C8H10.W/c2*1-7-5-3-4-6-8(7)2;/h2*3-6H,1-2H3;. The maximum absolute atomic E-state index is 2.12. The number of benzene rings is 2. The van der Waals surface area contributed by atoms with E-state index in [4.69, 9.17) is 0 Å². The van der Waals surface area contributed by atoms with Crippen LogP contribution in [0, 0.1) is 27.7 Å². The molecule has 0 spiro atoms. The zero-order valence-electron chi connectivity index (χ0n) is 11.0. The molecule has 0 aliphatic rings. The molecule has 0 aliphatic heterocycles. The van der Waals surface area contributed by atoms with Gasteiger partial charge < -0.3 is 0 Å². The van der Waals surface area contributed by atoms with Crippen molar-refractivity contribution in [3.05, 3.63) is 70.8 Å². The Labute approximate surface area is 119 Å². The smallest absolute Gasteiger partial charge is 0 e. The fraction of sp³-hybridized carbons (Fsp3) is 0.250. The van der Waals surface area contributed by atoms with Crippen LogP contribution in [0.1, 0.15) is 22.3 Å². The largest absolute Gasteiger partial charge is 0.0620 e. The van der Waals surface area contributed by atoms with Crippen molar-refractivity contribution < 1.29 is 21.1 Å². The van der Waals surface area contributed by atoms with Gasteiger partial charge in [-0.1, -0.05) is 48.5 Å². The third kappa shape index (κ3) is 5.84. The second kappa shape index (κ2) is 8.25. The average molecular weight is 396 g/mol. The molecule has 0 aliphatic carbocycles. The Morgan fingerprint density at radius 2 is 0.647 bits per heavy atom. The normalized spacial score (nSPS) is 8.71. The van der Waals surface area contributed by atoms with E-state index in [-0.39, 0.29) is 21.1 Å². The van der Waals surface area contributed by atoms with Gasteiger partial charge in [0.25, 0.3) is 0 Å². The number of aryl methyl sites for hydroxylation is 4. The molecular weight excluding hydrogens is 376 g/mol. The van der Waals surface area contributed by atoms with Crippen LogP contribution in [0.5, 0.6) is 0 Å². The summed E-state index contributed by atoms with van der Waals surface area (Å²) in [7, 11) is 0.